The van der Waals surface area contributed by atoms with Crippen molar-refractivity contribution >= 4 is 22.9 Å². The molecule has 28 heavy (non-hydrogen) atoms. The van der Waals surface area contributed by atoms with Crippen molar-refractivity contribution in [3.05, 3.63) is 47.2 Å². The zero-order valence-corrected chi connectivity index (χ0v) is 16.9. The molecule has 0 atom stereocenters. The van der Waals surface area contributed by atoms with Gasteiger partial charge in [-0.05, 0) is 45.0 Å². The topological polar surface area (TPSA) is 75.9 Å². The van der Waals surface area contributed by atoms with E-state index in [1.54, 1.807) is 11.3 Å². The third-order valence-electron chi connectivity index (χ3n) is 5.03. The van der Waals surface area contributed by atoms with E-state index in [0.29, 0.717) is 0 Å². The smallest absolute Gasteiger partial charge is 0.227 e. The van der Waals surface area contributed by atoms with Crippen LogP contribution < -0.4 is 5.32 Å². The summed E-state index contributed by atoms with van der Waals surface area (Å²) in [5.41, 5.74) is 3.01. The molecule has 0 unspecified atom stereocenters. The van der Waals surface area contributed by atoms with Crippen LogP contribution in [-0.4, -0.2) is 43.9 Å². The Morgan fingerprint density at radius 3 is 2.79 bits per heavy atom. The first kappa shape index (κ1) is 18.8. The van der Waals surface area contributed by atoms with Crippen LogP contribution in [0.25, 0.3) is 10.6 Å². The average Bonchev–Trinajstić information content (AvgIpc) is 3.31. The number of anilines is 1. The van der Waals surface area contributed by atoms with Crippen molar-refractivity contribution in [2.45, 2.75) is 26.3 Å². The number of rotatable bonds is 5. The Morgan fingerprint density at radius 1 is 1.29 bits per heavy atom. The molecule has 3 heterocycles. The minimum absolute atomic E-state index is 0.0533. The fourth-order valence-corrected chi connectivity index (χ4v) is 4.24. The van der Waals surface area contributed by atoms with Gasteiger partial charge in [0.15, 0.2) is 0 Å². The fraction of sp³-hybridized carbons (Fsp3) is 0.400. The van der Waals surface area contributed by atoms with Crippen molar-refractivity contribution in [1.29, 1.82) is 0 Å². The maximum Gasteiger partial charge on any atom is 0.227 e. The highest BCUT2D eigenvalue weighted by Gasteiger charge is 2.25. The summed E-state index contributed by atoms with van der Waals surface area (Å²) in [6.45, 7) is 4.69. The fourth-order valence-electron chi connectivity index (χ4n) is 3.55. The van der Waals surface area contributed by atoms with Gasteiger partial charge in [-0.2, -0.15) is 5.10 Å². The molecular formula is C20H24N6OS. The molecule has 4 rings (SSSR count). The maximum absolute atomic E-state index is 12.7. The Balaban J connectivity index is 1.32. The maximum atomic E-state index is 12.7. The van der Waals surface area contributed by atoms with Crippen molar-refractivity contribution in [1.82, 2.24) is 24.9 Å². The predicted molar refractivity (Wildman–Crippen MR) is 110 cm³/mol. The van der Waals surface area contributed by atoms with Crippen molar-refractivity contribution in [2.75, 3.05) is 18.4 Å². The largest absolute Gasteiger partial charge is 0.326 e. The van der Waals surface area contributed by atoms with Crippen LogP contribution >= 0.6 is 11.3 Å². The van der Waals surface area contributed by atoms with Crippen molar-refractivity contribution in [2.24, 2.45) is 13.0 Å². The highest BCUT2D eigenvalue weighted by Crippen LogP contribution is 2.26. The first-order chi connectivity index (χ1) is 13.6. The minimum Gasteiger partial charge on any atom is -0.326 e. The van der Waals surface area contributed by atoms with Crippen LogP contribution in [0.4, 0.5) is 5.69 Å². The molecule has 1 aromatic carbocycles. The summed E-state index contributed by atoms with van der Waals surface area (Å²) in [6, 6.07) is 7.83. The molecule has 8 heteroatoms. The van der Waals surface area contributed by atoms with Gasteiger partial charge in [0, 0.05) is 42.5 Å². The lowest BCUT2D eigenvalue weighted by molar-refractivity contribution is -0.121. The second-order valence-electron chi connectivity index (χ2n) is 7.27. The minimum atomic E-state index is 0.0533. The Kier molecular flexibility index (Phi) is 5.50. The first-order valence-electron chi connectivity index (χ1n) is 9.48. The second-order valence-corrected chi connectivity index (χ2v) is 8.45. The summed E-state index contributed by atoms with van der Waals surface area (Å²) in [5, 5.41) is 17.4. The molecular weight excluding hydrogens is 372 g/mol. The summed E-state index contributed by atoms with van der Waals surface area (Å²) in [4.78, 5) is 15.1. The lowest BCUT2D eigenvalue weighted by Crippen LogP contribution is -2.37. The number of piperidine rings is 1. The van der Waals surface area contributed by atoms with Gasteiger partial charge in [0.05, 0.1) is 6.20 Å². The second kappa shape index (κ2) is 8.20. The third-order valence-corrected chi connectivity index (χ3v) is 5.91. The van der Waals surface area contributed by atoms with Gasteiger partial charge in [-0.15, -0.1) is 10.2 Å². The van der Waals surface area contributed by atoms with E-state index < -0.39 is 0 Å². The SMILES string of the molecule is Cc1nnc(-c2cccc(NC(=O)C3CCN(Cc4cnn(C)c4)CC3)c2)s1. The summed E-state index contributed by atoms with van der Waals surface area (Å²) < 4.78 is 1.83. The molecule has 1 N–H and O–H groups in total. The van der Waals surface area contributed by atoms with Gasteiger partial charge in [0.1, 0.15) is 10.0 Å². The van der Waals surface area contributed by atoms with Crippen LogP contribution in [0, 0.1) is 12.8 Å². The van der Waals surface area contributed by atoms with Gasteiger partial charge in [-0.1, -0.05) is 23.5 Å². The third kappa shape index (κ3) is 4.45. The number of benzene rings is 1. The molecule has 1 aliphatic rings. The van der Waals surface area contributed by atoms with E-state index in [1.807, 2.05) is 55.3 Å². The van der Waals surface area contributed by atoms with Crippen LogP contribution in [0.15, 0.2) is 36.7 Å². The monoisotopic (exact) mass is 396 g/mol. The van der Waals surface area contributed by atoms with E-state index >= 15 is 0 Å². The van der Waals surface area contributed by atoms with Gasteiger partial charge >= 0.3 is 0 Å². The summed E-state index contributed by atoms with van der Waals surface area (Å²) in [5.74, 6) is 0.157. The van der Waals surface area contributed by atoms with E-state index in [9.17, 15) is 4.79 Å². The van der Waals surface area contributed by atoms with Gasteiger partial charge in [0.25, 0.3) is 0 Å². The molecule has 1 fully saturated rings. The molecule has 0 radical (unpaired) electrons. The number of aryl methyl sites for hydroxylation is 2. The van der Waals surface area contributed by atoms with Crippen LogP contribution in [-0.2, 0) is 18.4 Å². The first-order valence-corrected chi connectivity index (χ1v) is 10.3. The van der Waals surface area contributed by atoms with Crippen molar-refractivity contribution < 1.29 is 4.79 Å². The number of carbonyl (C=O) groups excluding carboxylic acids is 1. The normalized spacial score (nSPS) is 15.6. The zero-order chi connectivity index (χ0) is 19.5. The van der Waals surface area contributed by atoms with Crippen LogP contribution in [0.3, 0.4) is 0 Å². The molecule has 0 spiro atoms. The molecule has 3 aromatic rings. The molecule has 2 aromatic heterocycles. The van der Waals surface area contributed by atoms with E-state index in [1.165, 1.54) is 5.56 Å². The Hall–Kier alpha value is -2.58. The lowest BCUT2D eigenvalue weighted by atomic mass is 9.95. The predicted octanol–water partition coefficient (Wildman–Crippen LogP) is 3.10. The van der Waals surface area contributed by atoms with Gasteiger partial charge in [-0.3, -0.25) is 14.4 Å². The molecule has 0 bridgehead atoms. The number of carbonyl (C=O) groups is 1. The highest BCUT2D eigenvalue weighted by atomic mass is 32.1. The Labute approximate surface area is 168 Å². The van der Waals surface area contributed by atoms with Crippen molar-refractivity contribution in [3.63, 3.8) is 0 Å². The number of aromatic nitrogens is 4. The average molecular weight is 397 g/mol. The van der Waals surface area contributed by atoms with Gasteiger partial charge in [-0.25, -0.2) is 0 Å². The zero-order valence-electron chi connectivity index (χ0n) is 16.1. The molecule has 1 aliphatic heterocycles. The van der Waals surface area contributed by atoms with E-state index in [-0.39, 0.29) is 11.8 Å². The standard InChI is InChI=1S/C20H24N6OS/c1-14-23-24-20(28-14)17-4-3-5-18(10-17)22-19(27)16-6-8-26(9-7-16)13-15-11-21-25(2)12-15/h3-5,10-12,16H,6-9,13H2,1-2H3,(H,22,27). The molecule has 146 valence electrons. The number of amides is 1. The summed E-state index contributed by atoms with van der Waals surface area (Å²) in [6.07, 6.45) is 5.71. The molecule has 7 nitrogen and oxygen atoms in total. The number of hydrogen-bond acceptors (Lipinski definition) is 6. The molecule has 0 saturated carbocycles. The van der Waals surface area contributed by atoms with Gasteiger partial charge < -0.3 is 5.32 Å². The number of nitrogens with one attached hydrogen (secondary N) is 1. The Morgan fingerprint density at radius 2 is 2.11 bits per heavy atom. The quantitative estimate of drug-likeness (QED) is 0.717. The summed E-state index contributed by atoms with van der Waals surface area (Å²) in [7, 11) is 1.93. The lowest BCUT2D eigenvalue weighted by Gasteiger charge is -2.30. The number of nitrogens with zero attached hydrogens (tertiary/aromatic N) is 5. The van der Waals surface area contributed by atoms with Crippen LogP contribution in [0.5, 0.6) is 0 Å². The van der Waals surface area contributed by atoms with Crippen LogP contribution in [0.1, 0.15) is 23.4 Å². The van der Waals surface area contributed by atoms with Gasteiger partial charge in [0.2, 0.25) is 5.91 Å². The Bertz CT molecular complexity index is 957. The van der Waals surface area contributed by atoms with Crippen molar-refractivity contribution in [3.8, 4) is 10.6 Å². The van der Waals surface area contributed by atoms with E-state index in [2.05, 4.69) is 25.5 Å². The molecule has 1 amide bonds. The molecule has 1 saturated heterocycles. The van der Waals surface area contributed by atoms with Crippen LogP contribution in [0.2, 0.25) is 0 Å². The highest BCUT2D eigenvalue weighted by molar-refractivity contribution is 7.14. The molecule has 0 aliphatic carbocycles. The van der Waals surface area contributed by atoms with E-state index in [0.717, 1.165) is 53.7 Å². The van der Waals surface area contributed by atoms with E-state index in [4.69, 9.17) is 0 Å². The summed E-state index contributed by atoms with van der Waals surface area (Å²) >= 11 is 1.55. The number of hydrogen-bond donors (Lipinski definition) is 1. The number of likely N-dealkylation sites (tertiary alicyclic amines) is 1.